The average Bonchev–Trinajstić information content (AvgIpc) is 3.36. The van der Waals surface area contributed by atoms with Crippen LogP contribution in [-0.2, 0) is 25.5 Å². The Bertz CT molecular complexity index is 1070. The number of carbonyl (C=O) groups is 2. The first kappa shape index (κ1) is 24.3. The van der Waals surface area contributed by atoms with Gasteiger partial charge in [0.25, 0.3) is 5.91 Å². The normalized spacial score (nSPS) is 31.5. The lowest BCUT2D eigenvalue weighted by atomic mass is 9.71. The molecule has 2 aromatic heterocycles. The Labute approximate surface area is 196 Å². The molecular weight excluding hydrogens is 444 g/mol. The SMILES string of the molecule is CCNC(=O)[C@H]1O[C@@H](n2cnc3c(N)nc(CC4CCC(C)(C(=O)OC)CC4)nc32)C(O)C1O. The number of aliphatic hydroxyl groups is 2. The third-order valence-electron chi connectivity index (χ3n) is 6.97. The molecule has 0 aromatic carbocycles. The first-order chi connectivity index (χ1) is 16.2. The Kier molecular flexibility index (Phi) is 6.74. The number of ether oxygens (including phenoxy) is 2. The van der Waals surface area contributed by atoms with Crippen molar-refractivity contribution in [2.45, 2.75) is 70.5 Å². The van der Waals surface area contributed by atoms with Gasteiger partial charge in [-0.2, -0.15) is 0 Å². The Balaban J connectivity index is 1.54. The van der Waals surface area contributed by atoms with Crippen LogP contribution in [0.25, 0.3) is 11.2 Å². The Morgan fingerprint density at radius 3 is 2.65 bits per heavy atom. The second-order valence-electron chi connectivity index (χ2n) is 9.37. The molecule has 186 valence electrons. The number of hydrogen-bond acceptors (Lipinski definition) is 10. The summed E-state index contributed by atoms with van der Waals surface area (Å²) < 4.78 is 12.1. The summed E-state index contributed by atoms with van der Waals surface area (Å²) in [6, 6.07) is 0. The Hall–Kier alpha value is -2.83. The number of esters is 1. The minimum absolute atomic E-state index is 0.181. The fourth-order valence-electron chi connectivity index (χ4n) is 4.87. The molecule has 1 aliphatic heterocycles. The summed E-state index contributed by atoms with van der Waals surface area (Å²) in [5.74, 6) is 0.310. The molecule has 1 saturated carbocycles. The lowest BCUT2D eigenvalue weighted by Crippen LogP contribution is -2.42. The average molecular weight is 477 g/mol. The minimum Gasteiger partial charge on any atom is -0.469 e. The van der Waals surface area contributed by atoms with E-state index in [1.54, 1.807) is 6.92 Å². The highest BCUT2D eigenvalue weighted by molar-refractivity contribution is 5.83. The van der Waals surface area contributed by atoms with E-state index in [1.807, 2.05) is 6.92 Å². The third-order valence-corrected chi connectivity index (χ3v) is 6.97. The number of imidazole rings is 1. The zero-order chi connectivity index (χ0) is 24.6. The highest BCUT2D eigenvalue weighted by atomic mass is 16.6. The first-order valence-electron chi connectivity index (χ1n) is 11.5. The van der Waals surface area contributed by atoms with Crippen LogP contribution in [0.4, 0.5) is 5.82 Å². The topological polar surface area (TPSA) is 175 Å². The minimum atomic E-state index is -1.40. The van der Waals surface area contributed by atoms with Crippen molar-refractivity contribution in [3.63, 3.8) is 0 Å². The van der Waals surface area contributed by atoms with Gasteiger partial charge in [0.05, 0.1) is 18.9 Å². The molecule has 1 aliphatic carbocycles. The number of amides is 1. The van der Waals surface area contributed by atoms with E-state index >= 15 is 0 Å². The second kappa shape index (κ2) is 9.43. The van der Waals surface area contributed by atoms with Gasteiger partial charge < -0.3 is 30.7 Å². The number of anilines is 1. The fraction of sp³-hybridized carbons (Fsp3) is 0.682. The number of methoxy groups -OCH3 is 1. The zero-order valence-electron chi connectivity index (χ0n) is 19.6. The lowest BCUT2D eigenvalue weighted by Gasteiger charge is -2.34. The molecule has 0 spiro atoms. The molecule has 3 heterocycles. The molecule has 2 aromatic rings. The molecule has 12 nitrogen and oxygen atoms in total. The maximum absolute atomic E-state index is 12.2. The first-order valence-corrected chi connectivity index (χ1v) is 11.5. The summed E-state index contributed by atoms with van der Waals surface area (Å²) in [6.45, 7) is 4.05. The highest BCUT2D eigenvalue weighted by Crippen LogP contribution is 2.40. The van der Waals surface area contributed by atoms with Crippen LogP contribution >= 0.6 is 0 Å². The Morgan fingerprint density at radius 1 is 1.29 bits per heavy atom. The van der Waals surface area contributed by atoms with Crippen LogP contribution in [-0.4, -0.2) is 73.6 Å². The predicted octanol–water partition coefficient (Wildman–Crippen LogP) is 0.0758. The van der Waals surface area contributed by atoms with Crippen molar-refractivity contribution in [2.75, 3.05) is 19.4 Å². The molecule has 1 amide bonds. The summed E-state index contributed by atoms with van der Waals surface area (Å²) in [6.07, 6.45) is 0.0329. The van der Waals surface area contributed by atoms with Gasteiger partial charge in [-0.1, -0.05) is 0 Å². The molecule has 0 bridgehead atoms. The van der Waals surface area contributed by atoms with Crippen molar-refractivity contribution < 1.29 is 29.3 Å². The fourth-order valence-corrected chi connectivity index (χ4v) is 4.87. The van der Waals surface area contributed by atoms with Crippen LogP contribution in [0.5, 0.6) is 0 Å². The van der Waals surface area contributed by atoms with E-state index in [9.17, 15) is 19.8 Å². The van der Waals surface area contributed by atoms with Gasteiger partial charge in [-0.25, -0.2) is 15.0 Å². The van der Waals surface area contributed by atoms with Gasteiger partial charge in [0.1, 0.15) is 23.5 Å². The number of nitrogens with one attached hydrogen (secondary N) is 1. The van der Waals surface area contributed by atoms with E-state index in [-0.39, 0.29) is 17.7 Å². The largest absolute Gasteiger partial charge is 0.469 e. The van der Waals surface area contributed by atoms with E-state index in [2.05, 4.69) is 20.3 Å². The number of rotatable bonds is 6. The van der Waals surface area contributed by atoms with Crippen molar-refractivity contribution in [3.05, 3.63) is 12.2 Å². The van der Waals surface area contributed by atoms with Gasteiger partial charge >= 0.3 is 5.97 Å². The Morgan fingerprint density at radius 2 is 2.00 bits per heavy atom. The summed E-state index contributed by atoms with van der Waals surface area (Å²) in [4.78, 5) is 37.6. The number of hydrogen-bond donors (Lipinski definition) is 4. The van der Waals surface area contributed by atoms with Gasteiger partial charge in [0.15, 0.2) is 23.8 Å². The van der Waals surface area contributed by atoms with E-state index in [0.29, 0.717) is 30.0 Å². The van der Waals surface area contributed by atoms with Crippen LogP contribution < -0.4 is 11.1 Å². The van der Waals surface area contributed by atoms with E-state index in [1.165, 1.54) is 18.0 Å². The van der Waals surface area contributed by atoms with Crippen LogP contribution in [0.15, 0.2) is 6.33 Å². The predicted molar refractivity (Wildman–Crippen MR) is 120 cm³/mol. The van der Waals surface area contributed by atoms with E-state index in [0.717, 1.165) is 25.7 Å². The van der Waals surface area contributed by atoms with Crippen LogP contribution in [0.1, 0.15) is 51.6 Å². The molecule has 12 heteroatoms. The quantitative estimate of drug-likeness (QED) is 0.418. The second-order valence-corrected chi connectivity index (χ2v) is 9.37. The van der Waals surface area contributed by atoms with E-state index in [4.69, 9.17) is 15.2 Å². The van der Waals surface area contributed by atoms with E-state index < -0.39 is 35.9 Å². The number of aliphatic hydroxyl groups excluding tert-OH is 2. The zero-order valence-corrected chi connectivity index (χ0v) is 19.6. The maximum atomic E-state index is 12.2. The van der Waals surface area contributed by atoms with Gasteiger partial charge in [-0.05, 0) is 45.4 Å². The molecule has 4 rings (SSSR count). The standard InChI is InChI=1S/C22H32N6O6/c1-4-24-19(31)16-14(29)15(30)20(34-16)28-10-25-13-17(23)26-12(27-18(13)28)9-11-5-7-22(2,8-6-11)21(32)33-3/h10-11,14-16,20,29-30H,4-9H2,1-3H3,(H,24,31)(H2,23,26,27)/t11?,14?,15?,16-,20+,22?/m0/s1. The smallest absolute Gasteiger partial charge is 0.311 e. The molecule has 2 unspecified atom stereocenters. The molecule has 34 heavy (non-hydrogen) atoms. The molecule has 1 saturated heterocycles. The third kappa shape index (κ3) is 4.32. The number of aromatic nitrogens is 4. The summed E-state index contributed by atoms with van der Waals surface area (Å²) in [7, 11) is 1.41. The molecule has 5 N–H and O–H groups in total. The van der Waals surface area contributed by atoms with Crippen molar-refractivity contribution in [1.29, 1.82) is 0 Å². The summed E-state index contributed by atoms with van der Waals surface area (Å²) in [5.41, 5.74) is 6.38. The molecule has 4 atom stereocenters. The maximum Gasteiger partial charge on any atom is 0.311 e. The summed E-state index contributed by atoms with van der Waals surface area (Å²) >= 11 is 0. The number of nitrogens with zero attached hydrogens (tertiary/aromatic N) is 4. The van der Waals surface area contributed by atoms with Crippen molar-refractivity contribution >= 4 is 28.9 Å². The number of nitrogen functional groups attached to an aromatic ring is 1. The molecule has 0 radical (unpaired) electrons. The number of fused-ring (bicyclic) bond motifs is 1. The van der Waals surface area contributed by atoms with Gasteiger partial charge in [-0.15, -0.1) is 0 Å². The summed E-state index contributed by atoms with van der Waals surface area (Å²) in [5, 5.41) is 23.5. The monoisotopic (exact) mass is 476 g/mol. The van der Waals surface area contributed by atoms with Crippen molar-refractivity contribution in [1.82, 2.24) is 24.8 Å². The van der Waals surface area contributed by atoms with Gasteiger partial charge in [-0.3, -0.25) is 14.2 Å². The van der Waals surface area contributed by atoms with Crippen LogP contribution in [0, 0.1) is 11.3 Å². The molecular formula is C22H32N6O6. The van der Waals surface area contributed by atoms with Crippen LogP contribution in [0.3, 0.4) is 0 Å². The number of carbonyl (C=O) groups excluding carboxylic acids is 2. The molecule has 2 aliphatic rings. The van der Waals surface area contributed by atoms with Gasteiger partial charge in [0.2, 0.25) is 0 Å². The van der Waals surface area contributed by atoms with Crippen molar-refractivity contribution in [2.24, 2.45) is 11.3 Å². The van der Waals surface area contributed by atoms with Gasteiger partial charge in [0, 0.05) is 13.0 Å². The number of likely N-dealkylation sites (N-methyl/N-ethyl adjacent to an activating group) is 1. The number of nitrogens with two attached hydrogens (primary N) is 1. The highest BCUT2D eigenvalue weighted by Gasteiger charge is 2.47. The lowest BCUT2D eigenvalue weighted by molar-refractivity contribution is -0.154. The molecule has 2 fully saturated rings. The van der Waals surface area contributed by atoms with Crippen LogP contribution in [0.2, 0.25) is 0 Å². The van der Waals surface area contributed by atoms with Crippen molar-refractivity contribution in [3.8, 4) is 0 Å².